The minimum Gasteiger partial charge on any atom is -0.493 e. The third-order valence-corrected chi connectivity index (χ3v) is 9.27. The summed E-state index contributed by atoms with van der Waals surface area (Å²) < 4.78 is 108. The predicted octanol–water partition coefficient (Wildman–Crippen LogP) is 6.62. The van der Waals surface area contributed by atoms with E-state index in [4.69, 9.17) is 34.4 Å². The number of methoxy groups -OCH3 is 1. The number of hydrogen-bond acceptors (Lipinski definition) is 10. The lowest BCUT2D eigenvalue weighted by molar-refractivity contribution is -0.154. The molecule has 19 heteroatoms. The molecule has 4 aromatic rings. The number of carbonyl (C=O) groups excluding carboxylic acids is 1. The summed E-state index contributed by atoms with van der Waals surface area (Å²) >= 11 is 0. The second-order valence-electron chi connectivity index (χ2n) is 13.1. The number of carboxylic acid groups (broad SMARTS) is 1. The molecule has 2 saturated heterocycles. The van der Waals surface area contributed by atoms with Crippen LogP contribution in [0.3, 0.4) is 0 Å². The molecule has 2 amide bonds. The van der Waals surface area contributed by atoms with Gasteiger partial charge in [0.2, 0.25) is 0 Å². The topological polar surface area (TPSA) is 149 Å². The number of aromatic carboxylic acids is 1. The fourth-order valence-electron chi connectivity index (χ4n) is 6.69. The van der Waals surface area contributed by atoms with Crippen molar-refractivity contribution in [2.24, 2.45) is 0 Å². The quantitative estimate of drug-likeness (QED) is 0.158. The van der Waals surface area contributed by atoms with Gasteiger partial charge >= 0.3 is 24.4 Å². The molecule has 2 aliphatic heterocycles. The Balaban J connectivity index is 1.45. The molecular formula is C38H39F6N5O8. The Morgan fingerprint density at radius 3 is 2.14 bits per heavy atom. The smallest absolute Gasteiger partial charge is 0.422 e. The number of anilines is 2. The van der Waals surface area contributed by atoms with Gasteiger partial charge in [0.1, 0.15) is 12.4 Å². The fourth-order valence-corrected chi connectivity index (χ4v) is 6.69. The number of pyridine rings is 1. The number of alkyl halides is 6. The van der Waals surface area contributed by atoms with E-state index in [1.807, 2.05) is 4.90 Å². The number of urea groups is 1. The molecule has 13 nitrogen and oxygen atoms in total. The van der Waals surface area contributed by atoms with E-state index in [0.717, 1.165) is 19.2 Å². The van der Waals surface area contributed by atoms with Crippen LogP contribution in [0.15, 0.2) is 54.6 Å². The van der Waals surface area contributed by atoms with Gasteiger partial charge in [-0.3, -0.25) is 0 Å². The monoisotopic (exact) mass is 807 g/mol. The normalized spacial score (nSPS) is 15.3. The number of carbonyl (C=O) groups is 2. The second-order valence-corrected chi connectivity index (χ2v) is 13.1. The molecule has 3 N–H and O–H groups in total. The largest absolute Gasteiger partial charge is 0.493 e. The number of nitrogen functional groups attached to an aromatic ring is 1. The number of benzene rings is 3. The van der Waals surface area contributed by atoms with E-state index in [0.29, 0.717) is 70.3 Å². The molecule has 3 heterocycles. The van der Waals surface area contributed by atoms with Gasteiger partial charge in [-0.05, 0) is 24.1 Å². The number of hydrogen-bond donors (Lipinski definition) is 2. The summed E-state index contributed by atoms with van der Waals surface area (Å²) in [6, 6.07) is 13.1. The SMILES string of the molecule is COc1ccc(C(=O)O)c(COc2cc3nc(N4CCCN(C(=O)N5CCOCC5)CC4)cc(N)c3c(-c3ccccc3)c2OCC(F)(F)F)c1OCC(F)(F)F. The first-order valence-electron chi connectivity index (χ1n) is 17.8. The fraction of sp³-hybridized carbons (Fsp3) is 0.395. The average Bonchev–Trinajstić information content (AvgIpc) is 3.44. The van der Waals surface area contributed by atoms with Crippen LogP contribution in [0.5, 0.6) is 23.0 Å². The number of nitrogens with zero attached hydrogens (tertiary/aromatic N) is 4. The predicted molar refractivity (Wildman–Crippen MR) is 195 cm³/mol. The van der Waals surface area contributed by atoms with Crippen molar-refractivity contribution in [3.63, 3.8) is 0 Å². The van der Waals surface area contributed by atoms with Gasteiger partial charge < -0.3 is 49.2 Å². The second kappa shape index (κ2) is 17.1. The number of halogens is 6. The molecule has 2 aliphatic rings. The summed E-state index contributed by atoms with van der Waals surface area (Å²) in [7, 11) is 1.14. The summed E-state index contributed by atoms with van der Waals surface area (Å²) in [4.78, 5) is 35.8. The van der Waals surface area contributed by atoms with Gasteiger partial charge in [-0.2, -0.15) is 26.3 Å². The van der Waals surface area contributed by atoms with Crippen molar-refractivity contribution < 1.29 is 64.7 Å². The summed E-state index contributed by atoms with van der Waals surface area (Å²) in [6.07, 6.45) is -9.05. The van der Waals surface area contributed by atoms with Gasteiger partial charge in [-0.15, -0.1) is 0 Å². The minimum absolute atomic E-state index is 0.0692. The molecule has 0 bridgehead atoms. The molecule has 0 radical (unpaired) electrons. The molecule has 3 aromatic carbocycles. The van der Waals surface area contributed by atoms with Gasteiger partial charge in [-0.1, -0.05) is 30.3 Å². The van der Waals surface area contributed by atoms with E-state index >= 15 is 0 Å². The van der Waals surface area contributed by atoms with Crippen LogP contribution in [0, 0.1) is 0 Å². The van der Waals surface area contributed by atoms with Crippen molar-refractivity contribution in [1.82, 2.24) is 14.8 Å². The van der Waals surface area contributed by atoms with Crippen molar-refractivity contribution >= 4 is 34.4 Å². The van der Waals surface area contributed by atoms with E-state index in [2.05, 4.69) is 0 Å². The van der Waals surface area contributed by atoms with Crippen LogP contribution < -0.4 is 29.6 Å². The molecule has 306 valence electrons. The highest BCUT2D eigenvalue weighted by Crippen LogP contribution is 2.47. The Hall–Kier alpha value is -5.85. The first-order chi connectivity index (χ1) is 27.1. The summed E-state index contributed by atoms with van der Waals surface area (Å²) in [5, 5.41) is 10.2. The molecule has 0 spiro atoms. The van der Waals surface area contributed by atoms with Crippen molar-refractivity contribution in [1.29, 1.82) is 0 Å². The Labute approximate surface area is 322 Å². The van der Waals surface area contributed by atoms with Gasteiger partial charge in [0.25, 0.3) is 0 Å². The molecule has 0 atom stereocenters. The number of amides is 2. The zero-order valence-electron chi connectivity index (χ0n) is 30.6. The minimum atomic E-state index is -4.82. The van der Waals surface area contributed by atoms with Crippen molar-refractivity contribution in [3.05, 3.63) is 65.7 Å². The highest BCUT2D eigenvalue weighted by Gasteiger charge is 2.33. The Kier molecular flexibility index (Phi) is 12.2. The molecule has 1 aromatic heterocycles. The lowest BCUT2D eigenvalue weighted by atomic mass is 9.97. The maximum atomic E-state index is 13.8. The van der Waals surface area contributed by atoms with Crippen molar-refractivity contribution in [2.45, 2.75) is 25.4 Å². The van der Waals surface area contributed by atoms with Crippen LogP contribution in [0.2, 0.25) is 0 Å². The third-order valence-electron chi connectivity index (χ3n) is 9.27. The highest BCUT2D eigenvalue weighted by atomic mass is 19.4. The summed E-state index contributed by atoms with van der Waals surface area (Å²) in [6.45, 7) is -0.782. The van der Waals surface area contributed by atoms with E-state index in [9.17, 15) is 41.0 Å². The van der Waals surface area contributed by atoms with Crippen LogP contribution in [0.4, 0.5) is 42.6 Å². The van der Waals surface area contributed by atoms with Crippen molar-refractivity contribution in [2.75, 3.05) is 83.4 Å². The first kappa shape index (κ1) is 40.8. The molecule has 2 fully saturated rings. The molecule has 0 aliphatic carbocycles. The number of nitrogens with two attached hydrogens (primary N) is 1. The molecule has 6 rings (SSSR count). The molecule has 0 unspecified atom stereocenters. The lowest BCUT2D eigenvalue weighted by Crippen LogP contribution is -2.49. The molecular weight excluding hydrogens is 768 g/mol. The van der Waals surface area contributed by atoms with Crippen LogP contribution in [-0.2, 0) is 11.3 Å². The van der Waals surface area contributed by atoms with Gasteiger partial charge in [0.05, 0.1) is 31.4 Å². The Morgan fingerprint density at radius 1 is 0.825 bits per heavy atom. The lowest BCUT2D eigenvalue weighted by Gasteiger charge is -2.32. The van der Waals surface area contributed by atoms with E-state index in [1.165, 1.54) is 6.07 Å². The average molecular weight is 808 g/mol. The van der Waals surface area contributed by atoms with Gasteiger partial charge in [0, 0.05) is 73.6 Å². The van der Waals surface area contributed by atoms with E-state index < -0.39 is 60.8 Å². The third kappa shape index (κ3) is 9.76. The Bertz CT molecular complexity index is 2080. The number of carboxylic acids is 1. The van der Waals surface area contributed by atoms with Crippen LogP contribution in [0.1, 0.15) is 22.3 Å². The van der Waals surface area contributed by atoms with Gasteiger partial charge in [-0.25, -0.2) is 14.6 Å². The highest BCUT2D eigenvalue weighted by molar-refractivity contribution is 6.07. The zero-order chi connectivity index (χ0) is 40.9. The number of rotatable bonds is 11. The first-order valence-corrected chi connectivity index (χ1v) is 17.8. The maximum absolute atomic E-state index is 13.8. The number of fused-ring (bicyclic) bond motifs is 1. The Morgan fingerprint density at radius 2 is 1.49 bits per heavy atom. The number of aromatic nitrogens is 1. The number of morpholine rings is 1. The number of ether oxygens (including phenoxy) is 5. The van der Waals surface area contributed by atoms with Crippen LogP contribution >= 0.6 is 0 Å². The zero-order valence-corrected chi connectivity index (χ0v) is 30.6. The molecule has 57 heavy (non-hydrogen) atoms. The summed E-state index contributed by atoms with van der Waals surface area (Å²) in [5.41, 5.74) is 6.51. The van der Waals surface area contributed by atoms with Crippen LogP contribution in [0.25, 0.3) is 22.0 Å². The summed E-state index contributed by atoms with van der Waals surface area (Å²) in [5.74, 6) is -2.78. The van der Waals surface area contributed by atoms with Gasteiger partial charge in [0.15, 0.2) is 36.2 Å². The maximum Gasteiger partial charge on any atom is 0.422 e. The van der Waals surface area contributed by atoms with Crippen molar-refractivity contribution in [3.8, 4) is 34.1 Å². The van der Waals surface area contributed by atoms with E-state index in [1.54, 1.807) is 46.2 Å². The van der Waals surface area contributed by atoms with Crippen LogP contribution in [-0.4, -0.2) is 117 Å². The van der Waals surface area contributed by atoms with E-state index in [-0.39, 0.29) is 39.7 Å². The standard InChI is InChI=1S/C38H39F6N5O8/c1-53-28-9-8-24(35(50)51)25(33(28)56-21-37(39,40)41)20-55-29-19-27-32(31(23-6-3-2-4-7-23)34(29)57-22-38(42,43)44)26(45)18-30(46-27)47-10-5-11-48(13-12-47)36(52)49-14-16-54-17-15-49/h2-4,6-9,18-19H,5,10-17,20-22H2,1H3,(H2,45,46)(H,50,51). The molecule has 0 saturated carbocycles.